The fourth-order valence-corrected chi connectivity index (χ4v) is 6.58. The Hall–Kier alpha value is -1.48. The Labute approximate surface area is 163 Å². The molecule has 0 spiro atoms. The highest BCUT2D eigenvalue weighted by molar-refractivity contribution is 5.87. The Morgan fingerprint density at radius 3 is 2.81 bits per heavy atom. The van der Waals surface area contributed by atoms with Crippen LogP contribution in [0.15, 0.2) is 18.2 Å². The van der Waals surface area contributed by atoms with Crippen molar-refractivity contribution < 1.29 is 4.74 Å². The van der Waals surface area contributed by atoms with Gasteiger partial charge < -0.3 is 9.30 Å². The molecule has 146 valence electrons. The summed E-state index contributed by atoms with van der Waals surface area (Å²) < 4.78 is 8.63. The molecule has 0 radical (unpaired) electrons. The van der Waals surface area contributed by atoms with Crippen LogP contribution in [0.25, 0.3) is 10.9 Å². The molecule has 1 aliphatic carbocycles. The molecule has 3 nitrogen and oxygen atoms in total. The lowest BCUT2D eigenvalue weighted by Gasteiger charge is -2.53. The van der Waals surface area contributed by atoms with Crippen LogP contribution in [0.2, 0.25) is 0 Å². The molecule has 27 heavy (non-hydrogen) atoms. The lowest BCUT2D eigenvalue weighted by Crippen LogP contribution is -2.56. The largest absolute Gasteiger partial charge is 0.494 e. The highest BCUT2D eigenvalue weighted by Crippen LogP contribution is 2.52. The highest BCUT2D eigenvalue weighted by Gasteiger charge is 2.49. The summed E-state index contributed by atoms with van der Waals surface area (Å²) in [5.41, 5.74) is 4.73. The molecule has 4 bridgehead atoms. The minimum Gasteiger partial charge on any atom is -0.494 e. The average molecular weight is 367 g/mol. The van der Waals surface area contributed by atoms with E-state index in [0.717, 1.165) is 49.1 Å². The summed E-state index contributed by atoms with van der Waals surface area (Å²) in [7, 11) is 0. The molecule has 6 rings (SSSR count). The van der Waals surface area contributed by atoms with E-state index in [4.69, 9.17) is 4.74 Å². The number of aromatic nitrogens is 1. The van der Waals surface area contributed by atoms with E-state index < -0.39 is 0 Å². The van der Waals surface area contributed by atoms with Gasteiger partial charge in [0.25, 0.3) is 0 Å². The molecule has 3 aliphatic heterocycles. The van der Waals surface area contributed by atoms with Crippen LogP contribution >= 0.6 is 0 Å². The summed E-state index contributed by atoms with van der Waals surface area (Å²) in [5, 5.41) is 1.46. The molecule has 5 atom stereocenters. The zero-order chi connectivity index (χ0) is 18.5. The monoisotopic (exact) mass is 366 g/mol. The lowest BCUT2D eigenvalue weighted by molar-refractivity contribution is -0.0141. The zero-order valence-electron chi connectivity index (χ0n) is 17.2. The van der Waals surface area contributed by atoms with Gasteiger partial charge in [0.15, 0.2) is 0 Å². The Morgan fingerprint density at radius 1 is 1.15 bits per heavy atom. The van der Waals surface area contributed by atoms with Crippen LogP contribution in [0.5, 0.6) is 5.75 Å². The molecule has 2 aromatic rings. The molecule has 4 aliphatic rings. The topological polar surface area (TPSA) is 17.4 Å². The minimum atomic E-state index is 0.729. The normalized spacial score (nSPS) is 31.7. The van der Waals surface area contributed by atoms with E-state index >= 15 is 0 Å². The van der Waals surface area contributed by atoms with Gasteiger partial charge in [0.2, 0.25) is 0 Å². The van der Waals surface area contributed by atoms with Crippen molar-refractivity contribution >= 4 is 10.9 Å². The first-order valence-electron chi connectivity index (χ1n) is 11.3. The number of hydrogen-bond acceptors (Lipinski definition) is 2. The number of nitrogens with zero attached hydrogens (tertiary/aromatic N) is 2. The second-order valence-electron chi connectivity index (χ2n) is 8.98. The van der Waals surface area contributed by atoms with Crippen LogP contribution < -0.4 is 4.74 Å². The highest BCUT2D eigenvalue weighted by atomic mass is 16.5. The van der Waals surface area contributed by atoms with Gasteiger partial charge in [-0.15, -0.1) is 0 Å². The van der Waals surface area contributed by atoms with Crippen molar-refractivity contribution in [1.29, 1.82) is 0 Å². The first-order valence-corrected chi connectivity index (χ1v) is 11.3. The van der Waals surface area contributed by atoms with Crippen LogP contribution in [-0.4, -0.2) is 35.2 Å². The third-order valence-corrected chi connectivity index (χ3v) is 7.53. The van der Waals surface area contributed by atoms with Crippen molar-refractivity contribution in [3.8, 4) is 5.75 Å². The molecule has 4 heterocycles. The van der Waals surface area contributed by atoms with Crippen molar-refractivity contribution in [3.63, 3.8) is 0 Å². The standard InChI is InChI=1S/C24H34N2O/c1-4-11-27-18-7-8-22-20(14-18)19-9-10-25-15-16-12-17(5-2)23(25)21(13-16)24(19)26(22)6-3/h7-8,14,16-17,21,23H,4-6,9-13,15H2,1-3H3. The molecule has 5 unspecified atom stereocenters. The fourth-order valence-electron chi connectivity index (χ4n) is 6.58. The molecule has 1 saturated carbocycles. The van der Waals surface area contributed by atoms with E-state index in [2.05, 4.69) is 48.4 Å². The van der Waals surface area contributed by atoms with Crippen molar-refractivity contribution in [3.05, 3.63) is 29.5 Å². The van der Waals surface area contributed by atoms with E-state index in [1.54, 1.807) is 11.3 Å². The third-order valence-electron chi connectivity index (χ3n) is 7.53. The summed E-state index contributed by atoms with van der Waals surface area (Å²) in [4.78, 5) is 2.86. The number of hydrogen-bond donors (Lipinski definition) is 0. The van der Waals surface area contributed by atoms with Crippen molar-refractivity contribution in [2.24, 2.45) is 11.8 Å². The van der Waals surface area contributed by atoms with Crippen LogP contribution in [0.1, 0.15) is 63.6 Å². The third kappa shape index (κ3) is 2.65. The molecule has 0 N–H and O–H groups in total. The maximum atomic E-state index is 5.98. The number of aryl methyl sites for hydroxylation is 1. The van der Waals surface area contributed by atoms with Gasteiger partial charge in [-0.2, -0.15) is 0 Å². The van der Waals surface area contributed by atoms with Gasteiger partial charge in [-0.05, 0) is 68.2 Å². The van der Waals surface area contributed by atoms with Crippen LogP contribution in [-0.2, 0) is 13.0 Å². The molecule has 1 aromatic carbocycles. The molecule has 1 aromatic heterocycles. The van der Waals surface area contributed by atoms with Gasteiger partial charge in [0.05, 0.1) is 6.61 Å². The average Bonchev–Trinajstić information content (AvgIpc) is 2.96. The summed E-state index contributed by atoms with van der Waals surface area (Å²) in [6, 6.07) is 7.59. The van der Waals surface area contributed by atoms with Gasteiger partial charge in [-0.3, -0.25) is 4.90 Å². The Bertz CT molecular complexity index is 839. The molecule has 3 heteroatoms. The van der Waals surface area contributed by atoms with Crippen LogP contribution in [0.4, 0.5) is 0 Å². The first-order chi connectivity index (χ1) is 13.2. The summed E-state index contributed by atoms with van der Waals surface area (Å²) in [6.07, 6.45) is 6.47. The van der Waals surface area contributed by atoms with Gasteiger partial charge in [-0.1, -0.05) is 20.3 Å². The Morgan fingerprint density at radius 2 is 2.04 bits per heavy atom. The van der Waals surface area contributed by atoms with Crippen LogP contribution in [0, 0.1) is 11.8 Å². The summed E-state index contributed by atoms with van der Waals surface area (Å²) in [6.45, 7) is 11.4. The molecular weight excluding hydrogens is 332 g/mol. The molecule has 3 fully saturated rings. The van der Waals surface area contributed by atoms with E-state index in [1.165, 1.54) is 49.7 Å². The maximum Gasteiger partial charge on any atom is 0.120 e. The van der Waals surface area contributed by atoms with Crippen molar-refractivity contribution in [2.45, 2.75) is 71.4 Å². The Kier molecular flexibility index (Phi) is 4.46. The zero-order valence-corrected chi connectivity index (χ0v) is 17.2. The molecule has 2 saturated heterocycles. The maximum absolute atomic E-state index is 5.98. The van der Waals surface area contributed by atoms with Gasteiger partial charge in [-0.25, -0.2) is 0 Å². The Balaban J connectivity index is 1.65. The SMILES string of the molecule is CCCOc1ccc2c(c1)c1c(n2CC)C2CC3CC(CC)C2N(CC1)C3. The second-order valence-corrected chi connectivity index (χ2v) is 8.98. The molecule has 0 amide bonds. The first kappa shape index (κ1) is 17.6. The van der Waals surface area contributed by atoms with Crippen molar-refractivity contribution in [1.82, 2.24) is 9.47 Å². The minimum absolute atomic E-state index is 0.729. The van der Waals surface area contributed by atoms with E-state index in [1.807, 2.05) is 0 Å². The number of piperidine rings is 2. The van der Waals surface area contributed by atoms with E-state index in [9.17, 15) is 0 Å². The summed E-state index contributed by atoms with van der Waals surface area (Å²) >= 11 is 0. The predicted molar refractivity (Wildman–Crippen MR) is 112 cm³/mol. The predicted octanol–water partition coefficient (Wildman–Crippen LogP) is 5.21. The van der Waals surface area contributed by atoms with Gasteiger partial charge in [0, 0.05) is 48.2 Å². The molecular formula is C24H34N2O. The quantitative estimate of drug-likeness (QED) is 0.723. The van der Waals surface area contributed by atoms with E-state index in [0.29, 0.717) is 0 Å². The van der Waals surface area contributed by atoms with Gasteiger partial charge in [0.1, 0.15) is 5.75 Å². The van der Waals surface area contributed by atoms with Gasteiger partial charge >= 0.3 is 0 Å². The fraction of sp³-hybridized carbons (Fsp3) is 0.667. The number of benzene rings is 1. The van der Waals surface area contributed by atoms with Crippen LogP contribution in [0.3, 0.4) is 0 Å². The van der Waals surface area contributed by atoms with E-state index in [-0.39, 0.29) is 0 Å². The number of ether oxygens (including phenoxy) is 1. The summed E-state index contributed by atoms with van der Waals surface area (Å²) in [5.74, 6) is 3.57. The lowest BCUT2D eigenvalue weighted by atomic mass is 9.65. The second kappa shape index (κ2) is 6.84. The smallest absolute Gasteiger partial charge is 0.120 e. The van der Waals surface area contributed by atoms with Crippen molar-refractivity contribution in [2.75, 3.05) is 19.7 Å². The number of fused-ring (bicyclic) bond motifs is 4. The number of rotatable bonds is 5.